The van der Waals surface area contributed by atoms with Gasteiger partial charge in [-0.2, -0.15) is 4.31 Å². The molecule has 2 heterocycles. The number of rotatable bonds is 3. The Labute approximate surface area is 134 Å². The number of carboxylic acid groups (broad SMARTS) is 1. The number of nitrogens with zero attached hydrogens (tertiary/aromatic N) is 2. The third kappa shape index (κ3) is 2.61. The van der Waals surface area contributed by atoms with Crippen LogP contribution in [0.15, 0.2) is 23.1 Å². The summed E-state index contributed by atoms with van der Waals surface area (Å²) in [6.45, 7) is 2.23. The summed E-state index contributed by atoms with van der Waals surface area (Å²) < 4.78 is 26.6. The van der Waals surface area contributed by atoms with E-state index in [1.54, 1.807) is 17.0 Å². The van der Waals surface area contributed by atoms with Gasteiger partial charge in [0.1, 0.15) is 6.04 Å². The smallest absolute Gasteiger partial charge is 0.322 e. The van der Waals surface area contributed by atoms with Crippen molar-refractivity contribution >= 4 is 27.6 Å². The van der Waals surface area contributed by atoms with Crippen molar-refractivity contribution in [3.05, 3.63) is 23.8 Å². The molecule has 0 aliphatic carbocycles. The van der Waals surface area contributed by atoms with Crippen LogP contribution in [0.1, 0.15) is 25.3 Å². The van der Waals surface area contributed by atoms with Crippen molar-refractivity contribution in [2.75, 3.05) is 18.0 Å². The normalized spacial score (nSPS) is 21.4. The van der Waals surface area contributed by atoms with Crippen LogP contribution in [0, 0.1) is 0 Å². The average Bonchev–Trinajstić information content (AvgIpc) is 3.13. The van der Waals surface area contributed by atoms with Crippen LogP contribution < -0.4 is 4.90 Å². The lowest BCUT2D eigenvalue weighted by molar-refractivity contribution is -0.140. The van der Waals surface area contributed by atoms with Crippen LogP contribution >= 0.6 is 0 Å². The predicted octanol–water partition coefficient (Wildman–Crippen LogP) is 0.833. The number of anilines is 1. The molecular weight excluding hydrogens is 320 g/mol. The van der Waals surface area contributed by atoms with Crippen LogP contribution in [0.2, 0.25) is 0 Å². The average molecular weight is 338 g/mol. The molecule has 0 bridgehead atoms. The first kappa shape index (κ1) is 15.9. The van der Waals surface area contributed by atoms with Crippen LogP contribution in [0.4, 0.5) is 5.69 Å². The Morgan fingerprint density at radius 1 is 1.26 bits per heavy atom. The summed E-state index contributed by atoms with van der Waals surface area (Å²) in [5.74, 6) is -1.19. The summed E-state index contributed by atoms with van der Waals surface area (Å²) in [5, 5.41) is 9.19. The molecule has 7 nitrogen and oxygen atoms in total. The quantitative estimate of drug-likeness (QED) is 0.881. The molecule has 124 valence electrons. The highest BCUT2D eigenvalue weighted by Gasteiger charge is 2.39. The lowest BCUT2D eigenvalue weighted by atomic mass is 10.2. The first-order chi connectivity index (χ1) is 10.8. The molecule has 0 radical (unpaired) electrons. The monoisotopic (exact) mass is 338 g/mol. The first-order valence-electron chi connectivity index (χ1n) is 7.48. The minimum Gasteiger partial charge on any atom is -0.480 e. The molecule has 1 saturated heterocycles. The Balaban J connectivity index is 1.96. The number of amides is 1. The van der Waals surface area contributed by atoms with E-state index in [-0.39, 0.29) is 17.3 Å². The van der Waals surface area contributed by atoms with Gasteiger partial charge in [0.2, 0.25) is 15.9 Å². The Kier molecular flexibility index (Phi) is 3.89. The van der Waals surface area contributed by atoms with Gasteiger partial charge in [0.25, 0.3) is 0 Å². The summed E-state index contributed by atoms with van der Waals surface area (Å²) in [4.78, 5) is 24.5. The highest BCUT2D eigenvalue weighted by Crippen LogP contribution is 2.33. The number of carbonyl (C=O) groups excluding carboxylic acids is 1. The van der Waals surface area contributed by atoms with Crippen molar-refractivity contribution in [3.8, 4) is 0 Å². The van der Waals surface area contributed by atoms with E-state index < -0.39 is 22.0 Å². The van der Waals surface area contributed by atoms with Gasteiger partial charge in [-0.05, 0) is 43.0 Å². The Morgan fingerprint density at radius 3 is 2.65 bits per heavy atom. The van der Waals surface area contributed by atoms with Gasteiger partial charge >= 0.3 is 5.97 Å². The fourth-order valence-corrected chi connectivity index (χ4v) is 4.98. The number of hydrogen-bond acceptors (Lipinski definition) is 4. The van der Waals surface area contributed by atoms with E-state index in [1.807, 2.05) is 0 Å². The van der Waals surface area contributed by atoms with Crippen molar-refractivity contribution in [1.29, 1.82) is 0 Å². The third-order valence-electron chi connectivity index (χ3n) is 4.42. The van der Waals surface area contributed by atoms with E-state index in [4.69, 9.17) is 0 Å². The molecule has 0 saturated carbocycles. The molecule has 1 aromatic carbocycles. The van der Waals surface area contributed by atoms with Gasteiger partial charge in [-0.3, -0.25) is 9.59 Å². The highest BCUT2D eigenvalue weighted by atomic mass is 32.2. The number of hydrogen-bond donors (Lipinski definition) is 1. The maximum atomic E-state index is 12.7. The van der Waals surface area contributed by atoms with Crippen LogP contribution in [0.25, 0.3) is 0 Å². The van der Waals surface area contributed by atoms with Crippen molar-refractivity contribution in [1.82, 2.24) is 4.31 Å². The summed E-state index contributed by atoms with van der Waals surface area (Å²) >= 11 is 0. The highest BCUT2D eigenvalue weighted by molar-refractivity contribution is 7.89. The van der Waals surface area contributed by atoms with E-state index >= 15 is 0 Å². The van der Waals surface area contributed by atoms with Gasteiger partial charge < -0.3 is 10.0 Å². The second-order valence-corrected chi connectivity index (χ2v) is 7.71. The lowest BCUT2D eigenvalue weighted by Gasteiger charge is -2.21. The number of carbonyl (C=O) groups is 2. The molecule has 1 atom stereocenters. The summed E-state index contributed by atoms with van der Waals surface area (Å²) in [5.41, 5.74) is 1.53. The van der Waals surface area contributed by atoms with Gasteiger partial charge in [0.15, 0.2) is 0 Å². The molecular formula is C15H18N2O5S. The number of carboxylic acids is 1. The molecule has 1 unspecified atom stereocenters. The van der Waals surface area contributed by atoms with Gasteiger partial charge in [-0.1, -0.05) is 0 Å². The van der Waals surface area contributed by atoms with E-state index in [2.05, 4.69) is 0 Å². The summed E-state index contributed by atoms with van der Waals surface area (Å²) in [7, 11) is -3.84. The number of benzene rings is 1. The molecule has 2 aliphatic rings. The molecule has 1 amide bonds. The summed E-state index contributed by atoms with van der Waals surface area (Å²) in [6, 6.07) is 3.64. The molecule has 0 spiro atoms. The van der Waals surface area contributed by atoms with Crippen molar-refractivity contribution in [3.63, 3.8) is 0 Å². The minimum absolute atomic E-state index is 0.0789. The largest absolute Gasteiger partial charge is 0.480 e. The Bertz CT molecular complexity index is 774. The molecule has 1 aromatic rings. The standard InChI is InChI=1S/C15H18N2O5S/c1-10(18)16-8-6-11-9-12(4-5-13(11)16)23(21,22)17-7-2-3-14(17)15(19)20/h4-5,9,14H,2-3,6-8H2,1H3,(H,19,20). The summed E-state index contributed by atoms with van der Waals surface area (Å²) in [6.07, 6.45) is 1.47. The number of sulfonamides is 1. The zero-order valence-corrected chi connectivity index (χ0v) is 13.5. The maximum Gasteiger partial charge on any atom is 0.322 e. The van der Waals surface area contributed by atoms with Gasteiger partial charge in [-0.25, -0.2) is 8.42 Å². The van der Waals surface area contributed by atoms with Gasteiger partial charge in [0.05, 0.1) is 4.90 Å². The van der Waals surface area contributed by atoms with Crippen LogP contribution in [-0.2, 0) is 26.0 Å². The topological polar surface area (TPSA) is 95.0 Å². The van der Waals surface area contributed by atoms with E-state index in [0.29, 0.717) is 25.8 Å². The van der Waals surface area contributed by atoms with Crippen molar-refractivity contribution < 1.29 is 23.1 Å². The molecule has 0 aromatic heterocycles. The van der Waals surface area contributed by atoms with Crippen molar-refractivity contribution in [2.24, 2.45) is 0 Å². The first-order valence-corrected chi connectivity index (χ1v) is 8.92. The van der Waals surface area contributed by atoms with E-state index in [0.717, 1.165) is 15.6 Å². The molecule has 3 rings (SSSR count). The van der Waals surface area contributed by atoms with Crippen LogP contribution in [0.5, 0.6) is 0 Å². The maximum absolute atomic E-state index is 12.7. The fourth-order valence-electron chi connectivity index (χ4n) is 3.28. The zero-order chi connectivity index (χ0) is 16.8. The Hall–Kier alpha value is -1.93. The van der Waals surface area contributed by atoms with Gasteiger partial charge in [-0.15, -0.1) is 0 Å². The van der Waals surface area contributed by atoms with E-state index in [9.17, 15) is 23.1 Å². The predicted molar refractivity (Wildman–Crippen MR) is 82.7 cm³/mol. The SMILES string of the molecule is CC(=O)N1CCc2cc(S(=O)(=O)N3CCCC3C(=O)O)ccc21. The van der Waals surface area contributed by atoms with Gasteiger partial charge in [0, 0.05) is 25.7 Å². The fraction of sp³-hybridized carbons (Fsp3) is 0.467. The molecule has 8 heteroatoms. The lowest BCUT2D eigenvalue weighted by Crippen LogP contribution is -2.40. The third-order valence-corrected chi connectivity index (χ3v) is 6.33. The minimum atomic E-state index is -3.84. The van der Waals surface area contributed by atoms with E-state index in [1.165, 1.54) is 13.0 Å². The second kappa shape index (κ2) is 5.61. The van der Waals surface area contributed by atoms with Crippen LogP contribution in [-0.4, -0.2) is 48.8 Å². The second-order valence-electron chi connectivity index (χ2n) is 5.82. The zero-order valence-electron chi connectivity index (χ0n) is 12.7. The number of aliphatic carboxylic acids is 1. The molecule has 2 aliphatic heterocycles. The number of fused-ring (bicyclic) bond motifs is 1. The Morgan fingerprint density at radius 2 is 2.00 bits per heavy atom. The molecule has 1 N–H and O–H groups in total. The molecule has 1 fully saturated rings. The van der Waals surface area contributed by atoms with Crippen molar-refractivity contribution in [2.45, 2.75) is 37.1 Å². The molecule has 23 heavy (non-hydrogen) atoms. The van der Waals surface area contributed by atoms with Crippen LogP contribution in [0.3, 0.4) is 0 Å².